The van der Waals surface area contributed by atoms with Gasteiger partial charge < -0.3 is 19.4 Å². The van der Waals surface area contributed by atoms with Gasteiger partial charge in [0.2, 0.25) is 5.88 Å². The van der Waals surface area contributed by atoms with Gasteiger partial charge in [-0.25, -0.2) is 0 Å². The van der Waals surface area contributed by atoms with E-state index in [0.717, 1.165) is 32.1 Å². The highest BCUT2D eigenvalue weighted by atomic mass is 16.5. The third-order valence-corrected chi connectivity index (χ3v) is 3.29. The lowest BCUT2D eigenvalue weighted by atomic mass is 10.2. The van der Waals surface area contributed by atoms with Crippen LogP contribution in [0, 0.1) is 0 Å². The van der Waals surface area contributed by atoms with Crippen molar-refractivity contribution in [3.63, 3.8) is 0 Å². The van der Waals surface area contributed by atoms with Crippen molar-refractivity contribution in [3.05, 3.63) is 12.1 Å². The summed E-state index contributed by atoms with van der Waals surface area (Å²) in [6.07, 6.45) is 3.33. The summed E-state index contributed by atoms with van der Waals surface area (Å²) in [6.45, 7) is 8.32. The van der Waals surface area contributed by atoms with Gasteiger partial charge >= 0.3 is 0 Å². The molecule has 0 radical (unpaired) electrons. The molecule has 0 aromatic carbocycles. The van der Waals surface area contributed by atoms with Crippen LogP contribution in [0.15, 0.2) is 12.1 Å². The lowest BCUT2D eigenvalue weighted by Crippen LogP contribution is -2.41. The van der Waals surface area contributed by atoms with Crippen LogP contribution < -0.4 is 0 Å². The zero-order valence-corrected chi connectivity index (χ0v) is 11.9. The van der Waals surface area contributed by atoms with Crippen LogP contribution in [0.3, 0.4) is 0 Å². The van der Waals surface area contributed by atoms with Crippen molar-refractivity contribution in [1.82, 2.24) is 14.7 Å². The molecule has 1 rings (SSSR count). The van der Waals surface area contributed by atoms with Gasteiger partial charge in [0.1, 0.15) is 6.61 Å². The number of likely N-dealkylation sites (N-methyl/N-ethyl adjacent to an activating group) is 2. The average Bonchev–Trinajstić information content (AvgIpc) is 2.30. The van der Waals surface area contributed by atoms with E-state index in [2.05, 4.69) is 55.9 Å². The Morgan fingerprint density at radius 3 is 2.71 bits per heavy atom. The fraction of sp³-hybridized carbons (Fsp3) is 0.846. The van der Waals surface area contributed by atoms with Gasteiger partial charge in [-0.15, -0.1) is 0 Å². The molecule has 1 heterocycles. The maximum absolute atomic E-state index is 5.83. The minimum atomic E-state index is 0.594. The second-order valence-corrected chi connectivity index (χ2v) is 5.04. The second-order valence-electron chi connectivity index (χ2n) is 5.04. The zero-order chi connectivity index (χ0) is 12.8. The zero-order valence-electron chi connectivity index (χ0n) is 11.9. The highest BCUT2D eigenvalue weighted by Gasteiger charge is 2.18. The lowest BCUT2D eigenvalue weighted by molar-refractivity contribution is 0.0806. The Kier molecular flexibility index (Phi) is 5.62. The molecule has 1 unspecified atom stereocenters. The minimum absolute atomic E-state index is 0.594. The number of nitrogens with zero attached hydrogens (tertiary/aromatic N) is 3. The first kappa shape index (κ1) is 14.2. The predicted molar refractivity (Wildman–Crippen MR) is 71.7 cm³/mol. The SMILES string of the molecule is CCC(C)N1C=C(OCCN(C)C)N(C)CC1. The quantitative estimate of drug-likeness (QED) is 0.700. The van der Waals surface area contributed by atoms with Gasteiger partial charge in [-0.1, -0.05) is 6.92 Å². The normalized spacial score (nSPS) is 18.4. The molecule has 0 aliphatic carbocycles. The second kappa shape index (κ2) is 6.74. The number of hydrogen-bond acceptors (Lipinski definition) is 4. The fourth-order valence-electron chi connectivity index (χ4n) is 1.74. The summed E-state index contributed by atoms with van der Waals surface area (Å²) in [5.41, 5.74) is 0. The van der Waals surface area contributed by atoms with Crippen LogP contribution in [0.5, 0.6) is 0 Å². The monoisotopic (exact) mass is 241 g/mol. The molecule has 1 atom stereocenters. The van der Waals surface area contributed by atoms with E-state index in [0.29, 0.717) is 6.04 Å². The standard InChI is InChI=1S/C13H27N3O/c1-6-12(2)16-8-7-15(5)13(11-16)17-10-9-14(3)4/h11-12H,6-10H2,1-5H3. The summed E-state index contributed by atoms with van der Waals surface area (Å²) in [5.74, 6) is 0.999. The van der Waals surface area contributed by atoms with E-state index < -0.39 is 0 Å². The first-order valence-corrected chi connectivity index (χ1v) is 6.50. The summed E-state index contributed by atoms with van der Waals surface area (Å²) in [6, 6.07) is 0.594. The van der Waals surface area contributed by atoms with Crippen LogP contribution in [0.25, 0.3) is 0 Å². The Bertz CT molecular complexity index is 253. The lowest BCUT2D eigenvalue weighted by Gasteiger charge is -2.36. The van der Waals surface area contributed by atoms with Crippen molar-refractivity contribution in [2.24, 2.45) is 0 Å². The van der Waals surface area contributed by atoms with E-state index in [9.17, 15) is 0 Å². The molecule has 0 aromatic heterocycles. The number of hydrogen-bond donors (Lipinski definition) is 0. The van der Waals surface area contributed by atoms with Crippen molar-refractivity contribution in [3.8, 4) is 0 Å². The first-order valence-electron chi connectivity index (χ1n) is 6.50. The highest BCUT2D eigenvalue weighted by molar-refractivity contribution is 4.98. The Morgan fingerprint density at radius 2 is 2.12 bits per heavy atom. The smallest absolute Gasteiger partial charge is 0.205 e. The predicted octanol–water partition coefficient (Wildman–Crippen LogP) is 1.41. The summed E-state index contributed by atoms with van der Waals surface area (Å²) >= 11 is 0. The molecule has 1 aliphatic heterocycles. The molecule has 100 valence electrons. The molecule has 0 fully saturated rings. The summed E-state index contributed by atoms with van der Waals surface area (Å²) in [5, 5.41) is 0. The van der Waals surface area contributed by atoms with Crippen molar-refractivity contribution >= 4 is 0 Å². The maximum Gasteiger partial charge on any atom is 0.205 e. The Balaban J connectivity index is 2.50. The molecule has 4 nitrogen and oxygen atoms in total. The van der Waals surface area contributed by atoms with Crippen molar-refractivity contribution < 1.29 is 4.74 Å². The van der Waals surface area contributed by atoms with Gasteiger partial charge in [0, 0.05) is 32.7 Å². The average molecular weight is 241 g/mol. The van der Waals surface area contributed by atoms with Crippen LogP contribution in [0.2, 0.25) is 0 Å². The molecule has 17 heavy (non-hydrogen) atoms. The summed E-state index contributed by atoms with van der Waals surface area (Å²) in [7, 11) is 6.22. The van der Waals surface area contributed by atoms with Crippen LogP contribution in [-0.4, -0.2) is 68.1 Å². The van der Waals surface area contributed by atoms with E-state index in [1.807, 2.05) is 0 Å². The molecule has 0 bridgehead atoms. The molecule has 0 spiro atoms. The molecule has 4 heteroatoms. The molecular weight excluding hydrogens is 214 g/mol. The van der Waals surface area contributed by atoms with E-state index in [1.165, 1.54) is 6.42 Å². The van der Waals surface area contributed by atoms with E-state index >= 15 is 0 Å². The Labute approximate surface area is 106 Å². The molecule has 0 saturated heterocycles. The number of ether oxygens (including phenoxy) is 1. The van der Waals surface area contributed by atoms with Gasteiger partial charge in [-0.05, 0) is 27.4 Å². The molecular formula is C13H27N3O. The minimum Gasteiger partial charge on any atom is -0.477 e. The van der Waals surface area contributed by atoms with Crippen molar-refractivity contribution in [1.29, 1.82) is 0 Å². The fourth-order valence-corrected chi connectivity index (χ4v) is 1.74. The van der Waals surface area contributed by atoms with Gasteiger partial charge in [-0.3, -0.25) is 0 Å². The van der Waals surface area contributed by atoms with Crippen LogP contribution in [0.4, 0.5) is 0 Å². The van der Waals surface area contributed by atoms with Crippen molar-refractivity contribution in [2.75, 3.05) is 47.4 Å². The van der Waals surface area contributed by atoms with Gasteiger partial charge in [0.25, 0.3) is 0 Å². The van der Waals surface area contributed by atoms with Crippen LogP contribution >= 0.6 is 0 Å². The van der Waals surface area contributed by atoms with E-state index in [-0.39, 0.29) is 0 Å². The summed E-state index contributed by atoms with van der Waals surface area (Å²) < 4.78 is 5.83. The van der Waals surface area contributed by atoms with E-state index in [4.69, 9.17) is 4.74 Å². The highest BCUT2D eigenvalue weighted by Crippen LogP contribution is 2.15. The Morgan fingerprint density at radius 1 is 1.41 bits per heavy atom. The van der Waals surface area contributed by atoms with Crippen molar-refractivity contribution in [2.45, 2.75) is 26.3 Å². The summed E-state index contributed by atoms with van der Waals surface area (Å²) in [4.78, 5) is 6.70. The topological polar surface area (TPSA) is 19.0 Å². The van der Waals surface area contributed by atoms with Gasteiger partial charge in [0.05, 0.1) is 6.20 Å². The molecule has 1 aliphatic rings. The van der Waals surface area contributed by atoms with Gasteiger partial charge in [-0.2, -0.15) is 0 Å². The third kappa shape index (κ3) is 4.46. The third-order valence-electron chi connectivity index (χ3n) is 3.29. The number of rotatable bonds is 6. The molecule has 0 saturated carbocycles. The maximum atomic E-state index is 5.83. The molecule has 0 amide bonds. The molecule has 0 N–H and O–H groups in total. The van der Waals surface area contributed by atoms with Gasteiger partial charge in [0.15, 0.2) is 0 Å². The Hall–Kier alpha value is -0.900. The van der Waals surface area contributed by atoms with E-state index in [1.54, 1.807) is 0 Å². The largest absolute Gasteiger partial charge is 0.477 e. The van der Waals surface area contributed by atoms with Crippen LogP contribution in [0.1, 0.15) is 20.3 Å². The first-order chi connectivity index (χ1) is 8.04. The molecule has 0 aromatic rings. The van der Waals surface area contributed by atoms with Crippen LogP contribution in [-0.2, 0) is 4.74 Å².